The van der Waals surface area contributed by atoms with Crippen molar-refractivity contribution in [3.8, 4) is 11.4 Å². The summed E-state index contributed by atoms with van der Waals surface area (Å²) in [4.78, 5) is 8.46. The molecule has 0 saturated heterocycles. The van der Waals surface area contributed by atoms with Crippen LogP contribution in [0.5, 0.6) is 0 Å². The highest BCUT2D eigenvalue weighted by atomic mass is 32.2. The van der Waals surface area contributed by atoms with Crippen LogP contribution in [0.2, 0.25) is 0 Å². The summed E-state index contributed by atoms with van der Waals surface area (Å²) in [7, 11) is 0. The van der Waals surface area contributed by atoms with Gasteiger partial charge in [0.2, 0.25) is 11.6 Å². The van der Waals surface area contributed by atoms with Gasteiger partial charge < -0.3 is 0 Å². The molecule has 0 spiro atoms. The maximum atomic E-state index is 12.3. The molecule has 3 aromatic rings. The summed E-state index contributed by atoms with van der Waals surface area (Å²) in [6, 6.07) is 7.20. The summed E-state index contributed by atoms with van der Waals surface area (Å²) in [6.07, 6.45) is 2.50. The highest BCUT2D eigenvalue weighted by molar-refractivity contribution is 7.98. The topological polar surface area (TPSA) is 43.1 Å². The Morgan fingerprint density at radius 3 is 2.67 bits per heavy atom. The summed E-state index contributed by atoms with van der Waals surface area (Å²) in [5.74, 6) is 0. The van der Waals surface area contributed by atoms with E-state index in [0.717, 1.165) is 11.2 Å². The van der Waals surface area contributed by atoms with Gasteiger partial charge >= 0.3 is 0 Å². The number of thioether (sulfide) groups is 1. The third-order valence-electron chi connectivity index (χ3n) is 3.04. The number of aromatic nitrogens is 4. The molecule has 4 nitrogen and oxygen atoms in total. The average Bonchev–Trinajstić information content (AvgIpc) is 2.90. The molecular weight excluding hydrogens is 294 g/mol. The third-order valence-corrected chi connectivity index (χ3v) is 3.59. The van der Waals surface area contributed by atoms with Gasteiger partial charge in [0.25, 0.3) is 0 Å². The summed E-state index contributed by atoms with van der Waals surface area (Å²) in [5, 5.41) is 5.07. The van der Waals surface area contributed by atoms with Crippen molar-refractivity contribution in [1.82, 2.24) is 19.6 Å². The van der Waals surface area contributed by atoms with Crippen LogP contribution in [0.3, 0.4) is 0 Å². The molecule has 0 aliphatic rings. The van der Waals surface area contributed by atoms with Crippen molar-refractivity contribution < 1.29 is 8.78 Å². The van der Waals surface area contributed by atoms with E-state index in [-0.39, 0.29) is 6.42 Å². The molecule has 0 atom stereocenters. The molecule has 108 valence electrons. The first-order valence-corrected chi connectivity index (χ1v) is 7.52. The lowest BCUT2D eigenvalue weighted by Crippen LogP contribution is -2.00. The Balaban J connectivity index is 1.99. The number of fused-ring (bicyclic) bond motifs is 1. The van der Waals surface area contributed by atoms with Crippen LogP contribution in [0.15, 0.2) is 41.8 Å². The first-order valence-electron chi connectivity index (χ1n) is 6.29. The van der Waals surface area contributed by atoms with Gasteiger partial charge in [0, 0.05) is 12.6 Å². The molecule has 0 N–H and O–H groups in total. The van der Waals surface area contributed by atoms with Crippen LogP contribution in [0.1, 0.15) is 5.56 Å². The Bertz CT molecular complexity index is 755. The molecule has 3 aromatic heterocycles. The second-order valence-electron chi connectivity index (χ2n) is 4.45. The maximum absolute atomic E-state index is 12.3. The molecule has 21 heavy (non-hydrogen) atoms. The molecule has 0 aromatic carbocycles. The van der Waals surface area contributed by atoms with E-state index in [4.69, 9.17) is 0 Å². The smallest absolute Gasteiger partial charge is 0.242 e. The van der Waals surface area contributed by atoms with Gasteiger partial charge in [0.15, 0.2) is 0 Å². The fraction of sp³-hybridized carbons (Fsp3) is 0.214. The summed E-state index contributed by atoms with van der Waals surface area (Å²) >= 11 is 1.45. The molecule has 3 heterocycles. The SMILES string of the molecule is CSc1ncc2ccc(-c3ccc(CC(F)F)cn3)n2n1. The van der Waals surface area contributed by atoms with Gasteiger partial charge in [0.1, 0.15) is 0 Å². The van der Waals surface area contributed by atoms with Crippen LogP contribution < -0.4 is 0 Å². The number of pyridine rings is 1. The number of alkyl halides is 2. The van der Waals surface area contributed by atoms with E-state index in [1.54, 1.807) is 22.8 Å². The van der Waals surface area contributed by atoms with Crippen molar-refractivity contribution >= 4 is 17.3 Å². The molecule has 3 rings (SSSR count). The lowest BCUT2D eigenvalue weighted by Gasteiger charge is -2.04. The first kappa shape index (κ1) is 13.9. The van der Waals surface area contributed by atoms with Crippen LogP contribution in [-0.2, 0) is 6.42 Å². The molecule has 0 unspecified atom stereocenters. The number of nitrogens with zero attached hydrogens (tertiary/aromatic N) is 4. The lowest BCUT2D eigenvalue weighted by atomic mass is 10.2. The van der Waals surface area contributed by atoms with Gasteiger partial charge in [-0.1, -0.05) is 17.8 Å². The standard InChI is InChI=1S/C14H12F2N4S/c1-21-14-18-8-10-3-5-12(20(10)19-14)11-4-2-9(7-17-11)6-13(15)16/h2-5,7-8,13H,6H2,1H3. The molecule has 0 bridgehead atoms. The highest BCUT2D eigenvalue weighted by Crippen LogP contribution is 2.21. The zero-order valence-corrected chi connectivity index (χ0v) is 12.0. The zero-order valence-electron chi connectivity index (χ0n) is 11.2. The van der Waals surface area contributed by atoms with Crippen molar-refractivity contribution in [3.63, 3.8) is 0 Å². The number of hydrogen-bond donors (Lipinski definition) is 0. The molecule has 0 fully saturated rings. The quantitative estimate of drug-likeness (QED) is 0.694. The van der Waals surface area contributed by atoms with Crippen LogP contribution in [0, 0.1) is 0 Å². The van der Waals surface area contributed by atoms with E-state index in [1.807, 2.05) is 18.4 Å². The van der Waals surface area contributed by atoms with Crippen molar-refractivity contribution in [3.05, 3.63) is 42.2 Å². The minimum atomic E-state index is -2.36. The Hall–Kier alpha value is -2.02. The minimum Gasteiger partial charge on any atom is -0.254 e. The second-order valence-corrected chi connectivity index (χ2v) is 5.22. The van der Waals surface area contributed by atoms with Gasteiger partial charge in [-0.25, -0.2) is 18.3 Å². The predicted octanol–water partition coefficient (Wildman–Crippen LogP) is 3.32. The number of hydrogen-bond acceptors (Lipinski definition) is 4. The maximum Gasteiger partial charge on any atom is 0.242 e. The van der Waals surface area contributed by atoms with Crippen LogP contribution in [0.4, 0.5) is 8.78 Å². The Labute approximate surface area is 124 Å². The van der Waals surface area contributed by atoms with E-state index < -0.39 is 6.43 Å². The van der Waals surface area contributed by atoms with Gasteiger partial charge in [-0.15, -0.1) is 5.10 Å². The first-order chi connectivity index (χ1) is 10.2. The monoisotopic (exact) mass is 306 g/mol. The third kappa shape index (κ3) is 2.87. The molecule has 0 aliphatic heterocycles. The Kier molecular flexibility index (Phi) is 3.83. The van der Waals surface area contributed by atoms with Gasteiger partial charge in [-0.05, 0) is 30.0 Å². The molecule has 0 aliphatic carbocycles. The van der Waals surface area contributed by atoms with Crippen LogP contribution in [-0.4, -0.2) is 32.3 Å². The van der Waals surface area contributed by atoms with Crippen molar-refractivity contribution in [2.24, 2.45) is 0 Å². The van der Waals surface area contributed by atoms with Gasteiger partial charge in [-0.2, -0.15) is 0 Å². The van der Waals surface area contributed by atoms with E-state index in [2.05, 4.69) is 15.1 Å². The zero-order chi connectivity index (χ0) is 14.8. The second kappa shape index (κ2) is 5.77. The van der Waals surface area contributed by atoms with E-state index in [1.165, 1.54) is 18.0 Å². The summed E-state index contributed by atoms with van der Waals surface area (Å²) in [5.41, 5.74) is 2.89. The largest absolute Gasteiger partial charge is 0.254 e. The Morgan fingerprint density at radius 2 is 2.00 bits per heavy atom. The summed E-state index contributed by atoms with van der Waals surface area (Å²) in [6.45, 7) is 0. The normalized spacial score (nSPS) is 11.4. The number of halogens is 2. The minimum absolute atomic E-state index is 0.277. The van der Waals surface area contributed by atoms with E-state index >= 15 is 0 Å². The van der Waals surface area contributed by atoms with Crippen molar-refractivity contribution in [2.45, 2.75) is 18.0 Å². The van der Waals surface area contributed by atoms with E-state index in [9.17, 15) is 8.78 Å². The molecule has 0 radical (unpaired) electrons. The summed E-state index contributed by atoms with van der Waals surface area (Å²) < 4.78 is 26.4. The molecule has 7 heteroatoms. The van der Waals surface area contributed by atoms with E-state index in [0.29, 0.717) is 16.4 Å². The fourth-order valence-electron chi connectivity index (χ4n) is 2.05. The van der Waals surface area contributed by atoms with Crippen molar-refractivity contribution in [2.75, 3.05) is 6.26 Å². The number of rotatable bonds is 4. The molecule has 0 saturated carbocycles. The highest BCUT2D eigenvalue weighted by Gasteiger charge is 2.10. The average molecular weight is 306 g/mol. The van der Waals surface area contributed by atoms with Gasteiger partial charge in [0.05, 0.1) is 23.1 Å². The molecular formula is C14H12F2N4S. The van der Waals surface area contributed by atoms with Crippen molar-refractivity contribution in [1.29, 1.82) is 0 Å². The fourth-order valence-corrected chi connectivity index (χ4v) is 2.37. The van der Waals surface area contributed by atoms with Gasteiger partial charge in [-0.3, -0.25) is 4.98 Å². The van der Waals surface area contributed by atoms with Crippen LogP contribution in [0.25, 0.3) is 16.9 Å². The lowest BCUT2D eigenvalue weighted by molar-refractivity contribution is 0.149. The predicted molar refractivity (Wildman–Crippen MR) is 77.7 cm³/mol. The van der Waals surface area contributed by atoms with Crippen LogP contribution >= 0.6 is 11.8 Å². The molecule has 0 amide bonds. The Morgan fingerprint density at radius 1 is 1.14 bits per heavy atom.